The number of hydrogen-bond donors (Lipinski definition) is 2. The summed E-state index contributed by atoms with van der Waals surface area (Å²) in [6, 6.07) is 14.3. The molecule has 1 heterocycles. The lowest BCUT2D eigenvalue weighted by Gasteiger charge is -2.08. The van der Waals surface area contributed by atoms with E-state index in [1.54, 1.807) is 24.3 Å². The third kappa shape index (κ3) is 5.95. The molecular weight excluding hydrogens is 406 g/mol. The second kappa shape index (κ2) is 9.76. The van der Waals surface area contributed by atoms with Crippen molar-refractivity contribution in [2.45, 2.75) is 37.6 Å². The maximum atomic E-state index is 12.4. The molecular formula is C22H22ClN3O2S. The molecule has 0 spiro atoms. The van der Waals surface area contributed by atoms with Crippen LogP contribution in [0, 0.1) is 6.92 Å². The topological polar surface area (TPSA) is 74.8 Å². The summed E-state index contributed by atoms with van der Waals surface area (Å²) in [5.41, 5.74) is 3.89. The minimum absolute atomic E-state index is 0.130. The lowest BCUT2D eigenvalue weighted by Crippen LogP contribution is -2.12. The number of hydrogen-bond acceptors (Lipinski definition) is 4. The van der Waals surface area contributed by atoms with Crippen LogP contribution < -0.4 is 10.9 Å². The Morgan fingerprint density at radius 1 is 1.17 bits per heavy atom. The Bertz CT molecular complexity index is 1060. The SMILES string of the molecule is CCCc1cc(=O)[nH]c(SCc2ccc(C(=O)Nc3ccc(C)c(Cl)c3)cc2)n1. The predicted octanol–water partition coefficient (Wildman–Crippen LogP) is 5.23. The number of halogens is 1. The van der Waals surface area contributed by atoms with Gasteiger partial charge in [0.1, 0.15) is 0 Å². The Kier molecular flexibility index (Phi) is 7.12. The smallest absolute Gasteiger partial charge is 0.255 e. The van der Waals surface area contributed by atoms with Crippen LogP contribution in [-0.2, 0) is 12.2 Å². The fourth-order valence-electron chi connectivity index (χ4n) is 2.71. The first-order valence-corrected chi connectivity index (χ1v) is 10.7. The third-order valence-corrected chi connectivity index (χ3v) is 5.65. The predicted molar refractivity (Wildman–Crippen MR) is 119 cm³/mol. The average Bonchev–Trinajstić information content (AvgIpc) is 2.69. The normalized spacial score (nSPS) is 10.7. The first kappa shape index (κ1) is 21.1. The summed E-state index contributed by atoms with van der Waals surface area (Å²) in [6.45, 7) is 3.97. The number of aromatic nitrogens is 2. The molecule has 150 valence electrons. The molecule has 2 N–H and O–H groups in total. The third-order valence-electron chi connectivity index (χ3n) is 4.30. The van der Waals surface area contributed by atoms with Crippen molar-refractivity contribution in [2.24, 2.45) is 0 Å². The highest BCUT2D eigenvalue weighted by Crippen LogP contribution is 2.22. The summed E-state index contributed by atoms with van der Waals surface area (Å²) in [7, 11) is 0. The van der Waals surface area contributed by atoms with Gasteiger partial charge in [0.25, 0.3) is 11.5 Å². The summed E-state index contributed by atoms with van der Waals surface area (Å²) in [5.74, 6) is 0.455. The Hall–Kier alpha value is -2.57. The van der Waals surface area contributed by atoms with E-state index in [4.69, 9.17) is 11.6 Å². The van der Waals surface area contributed by atoms with Crippen molar-refractivity contribution in [2.75, 3.05) is 5.32 Å². The number of thioether (sulfide) groups is 1. The molecule has 5 nitrogen and oxygen atoms in total. The van der Waals surface area contributed by atoms with E-state index in [0.717, 1.165) is 29.7 Å². The molecule has 1 aromatic heterocycles. The van der Waals surface area contributed by atoms with Crippen LogP contribution in [0.4, 0.5) is 5.69 Å². The summed E-state index contributed by atoms with van der Waals surface area (Å²) in [5, 5.41) is 4.08. The molecule has 0 bridgehead atoms. The fraction of sp³-hybridized carbons (Fsp3) is 0.227. The zero-order chi connectivity index (χ0) is 20.8. The highest BCUT2D eigenvalue weighted by molar-refractivity contribution is 7.98. The van der Waals surface area contributed by atoms with E-state index >= 15 is 0 Å². The van der Waals surface area contributed by atoms with Crippen LogP contribution in [0.5, 0.6) is 0 Å². The van der Waals surface area contributed by atoms with Crippen LogP contribution in [0.3, 0.4) is 0 Å². The molecule has 0 aliphatic heterocycles. The van der Waals surface area contributed by atoms with Gasteiger partial charge in [0.2, 0.25) is 0 Å². The molecule has 0 atom stereocenters. The molecule has 0 saturated heterocycles. The summed E-state index contributed by atoms with van der Waals surface area (Å²) in [6.07, 6.45) is 1.73. The number of nitrogens with one attached hydrogen (secondary N) is 2. The number of aryl methyl sites for hydroxylation is 2. The van der Waals surface area contributed by atoms with Crippen molar-refractivity contribution >= 4 is 35.0 Å². The van der Waals surface area contributed by atoms with Gasteiger partial charge in [0.05, 0.1) is 0 Å². The van der Waals surface area contributed by atoms with Crippen LogP contribution >= 0.6 is 23.4 Å². The Labute approximate surface area is 178 Å². The number of rotatable bonds is 7. The van der Waals surface area contributed by atoms with Crippen molar-refractivity contribution in [3.05, 3.63) is 86.3 Å². The number of carbonyl (C=O) groups excluding carboxylic acids is 1. The molecule has 0 saturated carbocycles. The van der Waals surface area contributed by atoms with Crippen molar-refractivity contribution in [3.63, 3.8) is 0 Å². The molecule has 29 heavy (non-hydrogen) atoms. The standard InChI is InChI=1S/C22H22ClN3O2S/c1-3-4-17-12-20(27)26-22(25-17)29-13-15-6-8-16(9-7-15)21(28)24-18-10-5-14(2)19(23)11-18/h5-12H,3-4,13H2,1-2H3,(H,24,28)(H,25,26,27). The molecule has 0 radical (unpaired) electrons. The van der Waals surface area contributed by atoms with Gasteiger partial charge in [0.15, 0.2) is 5.16 Å². The number of benzene rings is 2. The Morgan fingerprint density at radius 3 is 2.62 bits per heavy atom. The first-order valence-electron chi connectivity index (χ1n) is 9.34. The molecule has 0 aliphatic rings. The monoisotopic (exact) mass is 427 g/mol. The largest absolute Gasteiger partial charge is 0.322 e. The minimum atomic E-state index is -0.192. The van der Waals surface area contributed by atoms with Gasteiger partial charge in [0, 0.05) is 33.8 Å². The van der Waals surface area contributed by atoms with Gasteiger partial charge in [-0.2, -0.15) is 0 Å². The van der Waals surface area contributed by atoms with Crippen LogP contribution in [0.25, 0.3) is 0 Å². The number of carbonyl (C=O) groups is 1. The van der Waals surface area contributed by atoms with Crippen LogP contribution in [0.2, 0.25) is 5.02 Å². The lowest BCUT2D eigenvalue weighted by molar-refractivity contribution is 0.102. The maximum Gasteiger partial charge on any atom is 0.255 e. The molecule has 3 rings (SSSR count). The maximum absolute atomic E-state index is 12.4. The van der Waals surface area contributed by atoms with E-state index in [1.807, 2.05) is 31.2 Å². The second-order valence-corrected chi connectivity index (χ2v) is 8.07. The summed E-state index contributed by atoms with van der Waals surface area (Å²) < 4.78 is 0. The van der Waals surface area contributed by atoms with Crippen LogP contribution in [0.15, 0.2) is 58.5 Å². The fourth-order valence-corrected chi connectivity index (χ4v) is 3.74. The zero-order valence-corrected chi connectivity index (χ0v) is 17.9. The number of H-pyrrole nitrogens is 1. The van der Waals surface area contributed by atoms with Crippen LogP contribution in [0.1, 0.15) is 40.5 Å². The molecule has 2 aromatic carbocycles. The highest BCUT2D eigenvalue weighted by atomic mass is 35.5. The van der Waals surface area contributed by atoms with E-state index < -0.39 is 0 Å². The number of amides is 1. The lowest BCUT2D eigenvalue weighted by atomic mass is 10.1. The number of anilines is 1. The van der Waals surface area contributed by atoms with Crippen LogP contribution in [-0.4, -0.2) is 15.9 Å². The van der Waals surface area contributed by atoms with Gasteiger partial charge in [-0.3, -0.25) is 9.59 Å². The van der Waals surface area contributed by atoms with Gasteiger partial charge < -0.3 is 10.3 Å². The van der Waals surface area contributed by atoms with E-state index in [1.165, 1.54) is 11.8 Å². The zero-order valence-electron chi connectivity index (χ0n) is 16.3. The van der Waals surface area contributed by atoms with Gasteiger partial charge >= 0.3 is 0 Å². The van der Waals surface area contributed by atoms with E-state index in [2.05, 4.69) is 22.2 Å². The van der Waals surface area contributed by atoms with E-state index in [9.17, 15) is 9.59 Å². The van der Waals surface area contributed by atoms with Gasteiger partial charge in [-0.25, -0.2) is 4.98 Å². The number of aromatic amines is 1. The molecule has 0 aliphatic carbocycles. The van der Waals surface area contributed by atoms with Gasteiger partial charge in [-0.05, 0) is 48.7 Å². The second-order valence-electron chi connectivity index (χ2n) is 6.70. The van der Waals surface area contributed by atoms with Gasteiger partial charge in [-0.1, -0.05) is 54.9 Å². The van der Waals surface area contributed by atoms with E-state index in [-0.39, 0.29) is 11.5 Å². The van der Waals surface area contributed by atoms with E-state index in [0.29, 0.717) is 27.2 Å². The molecule has 0 unspecified atom stereocenters. The van der Waals surface area contributed by atoms with Crippen molar-refractivity contribution in [1.29, 1.82) is 0 Å². The number of nitrogens with zero attached hydrogens (tertiary/aromatic N) is 1. The molecule has 1 amide bonds. The first-order chi connectivity index (χ1) is 13.9. The average molecular weight is 428 g/mol. The van der Waals surface area contributed by atoms with Gasteiger partial charge in [-0.15, -0.1) is 0 Å². The van der Waals surface area contributed by atoms with Crippen molar-refractivity contribution in [3.8, 4) is 0 Å². The highest BCUT2D eigenvalue weighted by Gasteiger charge is 2.08. The quantitative estimate of drug-likeness (QED) is 0.400. The molecule has 0 fully saturated rings. The summed E-state index contributed by atoms with van der Waals surface area (Å²) >= 11 is 7.57. The van der Waals surface area contributed by atoms with Crippen molar-refractivity contribution < 1.29 is 4.79 Å². The minimum Gasteiger partial charge on any atom is -0.322 e. The Morgan fingerprint density at radius 2 is 1.93 bits per heavy atom. The Balaban J connectivity index is 1.62. The molecule has 3 aromatic rings. The molecule has 7 heteroatoms. The summed E-state index contributed by atoms with van der Waals surface area (Å²) in [4.78, 5) is 31.4. The van der Waals surface area contributed by atoms with Crippen molar-refractivity contribution in [1.82, 2.24) is 9.97 Å².